The molecule has 17 heteroatoms. The van der Waals surface area contributed by atoms with Gasteiger partial charge in [0.25, 0.3) is 5.56 Å². The lowest BCUT2D eigenvalue weighted by molar-refractivity contribution is -0.898. The summed E-state index contributed by atoms with van der Waals surface area (Å²) in [5, 5.41) is 15.2. The zero-order chi connectivity index (χ0) is 35.6. The Kier molecular flexibility index (Phi) is 10.5. The molecule has 0 spiro atoms. The highest BCUT2D eigenvalue weighted by atomic mass is 35.5. The summed E-state index contributed by atoms with van der Waals surface area (Å²) in [4.78, 5) is 53.1. The summed E-state index contributed by atoms with van der Waals surface area (Å²) in [6, 6.07) is 2.93. The maximum absolute atomic E-state index is 14.4. The fourth-order valence-corrected chi connectivity index (χ4v) is 6.72. The van der Waals surface area contributed by atoms with Crippen LogP contribution in [0, 0.1) is 10.1 Å². The average molecular weight is 716 g/mol. The Morgan fingerprint density at radius 1 is 1.14 bits per heavy atom. The van der Waals surface area contributed by atoms with Crippen molar-refractivity contribution in [2.75, 3.05) is 60.3 Å². The lowest BCUT2D eigenvalue weighted by Gasteiger charge is -2.33. The number of rotatable bonds is 11. The minimum Gasteiger partial charge on any atom is -0.495 e. The van der Waals surface area contributed by atoms with Gasteiger partial charge in [-0.3, -0.25) is 14.2 Å². The van der Waals surface area contributed by atoms with Crippen LogP contribution in [0.2, 0.25) is 10.0 Å². The number of methoxy groups -OCH3 is 2. The van der Waals surface area contributed by atoms with Crippen molar-refractivity contribution in [1.29, 1.82) is 0 Å². The van der Waals surface area contributed by atoms with E-state index in [0.29, 0.717) is 77.7 Å². The number of likely N-dealkylation sites (tertiary alicyclic amines) is 1. The zero-order valence-corrected chi connectivity index (χ0v) is 29.6. The van der Waals surface area contributed by atoms with Crippen LogP contribution in [0.15, 0.2) is 41.6 Å². The van der Waals surface area contributed by atoms with Crippen molar-refractivity contribution >= 4 is 51.9 Å². The number of benzene rings is 1. The number of carbonyl (C=O) groups is 1. The molecule has 1 aromatic carbocycles. The second-order valence-electron chi connectivity index (χ2n) is 12.4. The first-order valence-electron chi connectivity index (χ1n) is 15.4. The van der Waals surface area contributed by atoms with E-state index in [1.807, 2.05) is 14.1 Å². The first kappa shape index (κ1) is 35.6. The van der Waals surface area contributed by atoms with Gasteiger partial charge in [-0.1, -0.05) is 23.2 Å². The van der Waals surface area contributed by atoms with Crippen molar-refractivity contribution in [2.45, 2.75) is 25.4 Å². The number of ether oxygens (including phenoxy) is 2. The van der Waals surface area contributed by atoms with E-state index in [2.05, 4.69) is 20.3 Å². The Morgan fingerprint density at radius 2 is 1.80 bits per heavy atom. The molecule has 0 unspecified atom stereocenters. The minimum atomic E-state index is -0.488. The molecule has 1 saturated heterocycles. The number of aryl methyl sites for hydroxylation is 1. The van der Waals surface area contributed by atoms with Crippen molar-refractivity contribution in [1.82, 2.24) is 29.0 Å². The SMILES string of the molecule is CNc1ncc2cc(-c3c(Cl)c(OC)cc(OC)c3Cl)c(=O)n(C3CCN(C(=O)/C=C/C[N+](C)(C)Cc4c([N+](=O)[O-])ncn4C)CC3)c2n1. The number of imidazole rings is 1. The number of hydrogen-bond donors (Lipinski definition) is 1. The number of nitro groups is 1. The van der Waals surface area contributed by atoms with Gasteiger partial charge >= 0.3 is 5.82 Å². The normalized spacial score (nSPS) is 14.1. The highest BCUT2D eigenvalue weighted by Gasteiger charge is 2.30. The second-order valence-corrected chi connectivity index (χ2v) is 13.1. The van der Waals surface area contributed by atoms with E-state index >= 15 is 0 Å². The summed E-state index contributed by atoms with van der Waals surface area (Å²) < 4.78 is 14.6. The Morgan fingerprint density at radius 3 is 2.39 bits per heavy atom. The molecular formula is C32H38Cl2N9O6+. The number of quaternary nitrogens is 1. The Labute approximate surface area is 292 Å². The largest absolute Gasteiger partial charge is 0.495 e. The Bertz CT molecular complexity index is 1970. The summed E-state index contributed by atoms with van der Waals surface area (Å²) in [5.41, 5.74) is 1.10. The van der Waals surface area contributed by atoms with Gasteiger partial charge in [0.15, 0.2) is 5.69 Å². The van der Waals surface area contributed by atoms with Gasteiger partial charge < -0.3 is 38.9 Å². The molecule has 1 fully saturated rings. The van der Waals surface area contributed by atoms with Gasteiger partial charge in [-0.25, -0.2) is 4.98 Å². The van der Waals surface area contributed by atoms with Crippen molar-refractivity contribution in [3.05, 3.63) is 73.0 Å². The molecule has 1 amide bonds. The van der Waals surface area contributed by atoms with E-state index in [1.165, 1.54) is 26.6 Å². The summed E-state index contributed by atoms with van der Waals surface area (Å²) in [6.45, 7) is 1.64. The molecule has 15 nitrogen and oxygen atoms in total. The summed E-state index contributed by atoms with van der Waals surface area (Å²) >= 11 is 13.5. The molecular weight excluding hydrogens is 677 g/mol. The van der Waals surface area contributed by atoms with Crippen LogP contribution < -0.4 is 20.3 Å². The van der Waals surface area contributed by atoms with E-state index in [4.69, 9.17) is 32.7 Å². The predicted molar refractivity (Wildman–Crippen MR) is 186 cm³/mol. The van der Waals surface area contributed by atoms with Crippen molar-refractivity contribution in [2.24, 2.45) is 7.05 Å². The van der Waals surface area contributed by atoms with Crippen LogP contribution in [-0.2, 0) is 18.4 Å². The lowest BCUT2D eigenvalue weighted by atomic mass is 10.0. The van der Waals surface area contributed by atoms with Gasteiger partial charge in [0.1, 0.15) is 23.7 Å². The number of amides is 1. The minimum absolute atomic E-state index is 0.155. The van der Waals surface area contributed by atoms with E-state index in [-0.39, 0.29) is 44.5 Å². The van der Waals surface area contributed by atoms with Crippen molar-refractivity contribution in [3.63, 3.8) is 0 Å². The Balaban J connectivity index is 1.39. The highest BCUT2D eigenvalue weighted by Crippen LogP contribution is 2.45. The number of hydrogen-bond acceptors (Lipinski definition) is 10. The van der Waals surface area contributed by atoms with E-state index in [9.17, 15) is 19.7 Å². The van der Waals surface area contributed by atoms with Gasteiger partial charge in [0, 0.05) is 62.5 Å². The number of nitrogens with zero attached hydrogens (tertiary/aromatic N) is 8. The quantitative estimate of drug-likeness (QED) is 0.102. The third kappa shape index (κ3) is 7.19. The maximum Gasteiger partial charge on any atom is 0.390 e. The molecule has 1 aliphatic heterocycles. The van der Waals surface area contributed by atoms with Gasteiger partial charge in [-0.15, -0.1) is 0 Å². The number of nitrogens with one attached hydrogen (secondary N) is 1. The third-order valence-electron chi connectivity index (χ3n) is 8.63. The number of likely N-dealkylation sites (N-methyl/N-ethyl adjacent to an activating group) is 1. The fourth-order valence-electron chi connectivity index (χ4n) is 6.02. The number of aromatic nitrogens is 5. The van der Waals surface area contributed by atoms with Gasteiger partial charge in [-0.2, -0.15) is 4.98 Å². The molecule has 1 N–H and O–H groups in total. The number of carbonyl (C=O) groups excluding carboxylic acids is 1. The number of halogens is 2. The molecule has 3 aromatic heterocycles. The molecule has 260 valence electrons. The molecule has 4 aromatic rings. The van der Waals surface area contributed by atoms with E-state index in [0.717, 1.165) is 0 Å². The molecule has 49 heavy (non-hydrogen) atoms. The molecule has 0 aliphatic carbocycles. The second kappa shape index (κ2) is 14.4. The van der Waals surface area contributed by atoms with Crippen LogP contribution in [0.4, 0.5) is 11.8 Å². The maximum atomic E-state index is 14.4. The summed E-state index contributed by atoms with van der Waals surface area (Å²) in [5.74, 6) is 0.622. The van der Waals surface area contributed by atoms with E-state index < -0.39 is 4.92 Å². The highest BCUT2D eigenvalue weighted by molar-refractivity contribution is 6.41. The number of anilines is 1. The standard InChI is InChI=1S/C32H37Cl2N9O6/c1-35-32-36-16-19-14-21(26-27(33)23(48-5)15-24(49-6)28(26)34)31(45)41(29(19)38-32)20-9-11-40(12-10-20)25(44)8-7-13-43(3,4)17-22-30(42(46)47)37-18-39(22)2/h7-8,14-16,18,20H,9-13,17H2,1-6H3/p+1/b8-7+. The molecule has 0 atom stereocenters. The molecule has 0 bridgehead atoms. The number of piperidine rings is 1. The van der Waals surface area contributed by atoms with Crippen LogP contribution in [0.3, 0.4) is 0 Å². The monoisotopic (exact) mass is 714 g/mol. The Hall–Kier alpha value is -4.73. The van der Waals surface area contributed by atoms with Crippen molar-refractivity contribution < 1.29 is 23.7 Å². The average Bonchev–Trinajstić information content (AvgIpc) is 3.43. The summed E-state index contributed by atoms with van der Waals surface area (Å²) in [6.07, 6.45) is 7.35. The molecule has 4 heterocycles. The van der Waals surface area contributed by atoms with E-state index in [1.54, 1.807) is 52.5 Å². The van der Waals surface area contributed by atoms with Crippen LogP contribution in [-0.4, -0.2) is 99.3 Å². The topological polar surface area (TPSA) is 160 Å². The van der Waals surface area contributed by atoms with Gasteiger partial charge in [0.2, 0.25) is 18.2 Å². The van der Waals surface area contributed by atoms with Crippen LogP contribution in [0.25, 0.3) is 22.2 Å². The zero-order valence-electron chi connectivity index (χ0n) is 28.1. The first-order chi connectivity index (χ1) is 23.3. The number of pyridine rings is 1. The predicted octanol–water partition coefficient (Wildman–Crippen LogP) is 4.46. The lowest BCUT2D eigenvalue weighted by Crippen LogP contribution is -2.41. The van der Waals surface area contributed by atoms with Gasteiger partial charge in [0.05, 0.1) is 50.5 Å². The molecule has 5 rings (SSSR count). The molecule has 0 saturated carbocycles. The van der Waals surface area contributed by atoms with Crippen molar-refractivity contribution in [3.8, 4) is 22.6 Å². The van der Waals surface area contributed by atoms with Gasteiger partial charge in [-0.05, 0) is 34.9 Å². The fraction of sp³-hybridized carbons (Fsp3) is 0.406. The molecule has 1 aliphatic rings. The summed E-state index contributed by atoms with van der Waals surface area (Å²) in [7, 11) is 10.2. The number of fused-ring (bicyclic) bond motifs is 1. The van der Waals surface area contributed by atoms with Crippen LogP contribution in [0.1, 0.15) is 24.6 Å². The van der Waals surface area contributed by atoms with Crippen LogP contribution in [0.5, 0.6) is 11.5 Å². The first-order valence-corrected chi connectivity index (χ1v) is 16.2. The van der Waals surface area contributed by atoms with Crippen LogP contribution >= 0.6 is 23.2 Å². The molecule has 0 radical (unpaired) electrons. The third-order valence-corrected chi connectivity index (χ3v) is 9.38. The smallest absolute Gasteiger partial charge is 0.390 e.